The van der Waals surface area contributed by atoms with Crippen LogP contribution in [0.4, 0.5) is 15.7 Å². The van der Waals surface area contributed by atoms with E-state index in [1.165, 1.54) is 4.81 Å². The summed E-state index contributed by atoms with van der Waals surface area (Å²) in [7, 11) is 1.81. The maximum atomic E-state index is 13.8. The van der Waals surface area contributed by atoms with Crippen LogP contribution in [0.15, 0.2) is 59.9 Å². The maximum Gasteiger partial charge on any atom is 0.590 e. The van der Waals surface area contributed by atoms with Crippen molar-refractivity contribution in [2.45, 2.75) is 0 Å². The SMILES string of the molecule is COc1ccc(N)c(OC)c1.N#CC1=C2C=Cc3ccccc3N2B(F)N1. The standard InChI is InChI=1S/C11H7BFN3.C8H11NO2/c13-12-15-9(7-14)11-6-5-8-3-1-2-4-10(8)16(11)12;1-10-6-3-4-7(9)8(5-6)11-2/h1-6,15H;3-5H,9H2,1-2H3. The summed E-state index contributed by atoms with van der Waals surface area (Å²) in [6, 6.07) is 14.8. The average Bonchev–Trinajstić information content (AvgIpc) is 3.05. The first-order valence-electron chi connectivity index (χ1n) is 8.18. The highest BCUT2D eigenvalue weighted by atomic mass is 19.1. The molecule has 2 aromatic carbocycles. The normalized spacial score (nSPS) is 13.7. The van der Waals surface area contributed by atoms with E-state index in [1.54, 1.807) is 38.5 Å². The summed E-state index contributed by atoms with van der Waals surface area (Å²) in [5.41, 5.74) is 8.80. The molecular weight excluding hydrogens is 346 g/mol. The van der Waals surface area contributed by atoms with Gasteiger partial charge in [0.15, 0.2) is 0 Å². The summed E-state index contributed by atoms with van der Waals surface area (Å²) < 4.78 is 23.7. The largest absolute Gasteiger partial charge is 0.590 e. The number of rotatable bonds is 2. The van der Waals surface area contributed by atoms with Crippen LogP contribution in [0.25, 0.3) is 6.08 Å². The van der Waals surface area contributed by atoms with E-state index in [-0.39, 0.29) is 5.70 Å². The molecule has 136 valence electrons. The second kappa shape index (κ2) is 7.75. The van der Waals surface area contributed by atoms with Crippen LogP contribution >= 0.6 is 0 Å². The zero-order valence-electron chi connectivity index (χ0n) is 14.9. The van der Waals surface area contributed by atoms with E-state index in [9.17, 15) is 4.32 Å². The lowest BCUT2D eigenvalue weighted by Crippen LogP contribution is -2.39. The first-order valence-corrected chi connectivity index (χ1v) is 8.18. The number of ether oxygens (including phenoxy) is 2. The smallest absolute Gasteiger partial charge is 0.497 e. The third kappa shape index (κ3) is 3.53. The molecule has 0 bridgehead atoms. The van der Waals surface area contributed by atoms with Crippen molar-refractivity contribution in [2.24, 2.45) is 0 Å². The van der Waals surface area contributed by atoms with E-state index in [4.69, 9.17) is 20.5 Å². The molecule has 3 N–H and O–H groups in total. The number of hydrogen-bond donors (Lipinski definition) is 2. The van der Waals surface area contributed by atoms with E-state index in [1.807, 2.05) is 36.4 Å². The van der Waals surface area contributed by atoms with Gasteiger partial charge in [0.1, 0.15) is 23.3 Å². The molecule has 0 saturated heterocycles. The third-order valence-electron chi connectivity index (χ3n) is 4.18. The molecule has 0 fully saturated rings. The number of fused-ring (bicyclic) bond motifs is 3. The van der Waals surface area contributed by atoms with Crippen LogP contribution < -0.4 is 25.2 Å². The van der Waals surface area contributed by atoms with Crippen molar-refractivity contribution in [3.05, 3.63) is 65.5 Å². The fourth-order valence-electron chi connectivity index (χ4n) is 2.84. The van der Waals surface area contributed by atoms with Gasteiger partial charge in [0.2, 0.25) is 0 Å². The van der Waals surface area contributed by atoms with E-state index < -0.39 is 7.26 Å². The van der Waals surface area contributed by atoms with Crippen molar-refractivity contribution in [1.29, 1.82) is 5.26 Å². The second-order valence-corrected chi connectivity index (χ2v) is 5.72. The Morgan fingerprint density at radius 1 is 1.15 bits per heavy atom. The van der Waals surface area contributed by atoms with Gasteiger partial charge in [-0.15, -0.1) is 0 Å². The van der Waals surface area contributed by atoms with E-state index in [0.717, 1.165) is 17.0 Å². The Morgan fingerprint density at radius 2 is 1.93 bits per heavy atom. The van der Waals surface area contributed by atoms with Crippen LogP contribution in [0.3, 0.4) is 0 Å². The van der Waals surface area contributed by atoms with Crippen molar-refractivity contribution in [2.75, 3.05) is 24.8 Å². The minimum Gasteiger partial charge on any atom is -0.497 e. The van der Waals surface area contributed by atoms with Gasteiger partial charge in [0, 0.05) is 11.8 Å². The Labute approximate surface area is 157 Å². The first-order chi connectivity index (χ1) is 13.1. The number of nitrogens with two attached hydrogens (primary N) is 1. The maximum absolute atomic E-state index is 13.8. The number of anilines is 2. The number of nitrogens with zero attached hydrogens (tertiary/aromatic N) is 2. The molecule has 0 radical (unpaired) electrons. The molecule has 2 aliphatic heterocycles. The summed E-state index contributed by atoms with van der Waals surface area (Å²) in [6.45, 7) is 0. The lowest BCUT2D eigenvalue weighted by molar-refractivity contribution is 0.395. The second-order valence-electron chi connectivity index (χ2n) is 5.72. The van der Waals surface area contributed by atoms with Gasteiger partial charge in [-0.25, -0.2) is 0 Å². The fourth-order valence-corrected chi connectivity index (χ4v) is 2.84. The van der Waals surface area contributed by atoms with Gasteiger partial charge in [-0.05, 0) is 29.8 Å². The summed E-state index contributed by atoms with van der Waals surface area (Å²) in [5, 5.41) is 11.4. The highest BCUT2D eigenvalue weighted by Gasteiger charge is 2.39. The number of nitrogen functional groups attached to an aromatic ring is 1. The number of halogens is 1. The van der Waals surface area contributed by atoms with E-state index in [2.05, 4.69) is 5.23 Å². The fraction of sp³-hybridized carbons (Fsp3) is 0.105. The average molecular weight is 364 g/mol. The Morgan fingerprint density at radius 3 is 2.63 bits per heavy atom. The molecule has 8 heteroatoms. The van der Waals surface area contributed by atoms with E-state index in [0.29, 0.717) is 17.1 Å². The Balaban J connectivity index is 0.000000168. The summed E-state index contributed by atoms with van der Waals surface area (Å²) >= 11 is 0. The molecule has 0 saturated carbocycles. The van der Waals surface area contributed by atoms with Crippen LogP contribution in [0.5, 0.6) is 11.5 Å². The summed E-state index contributed by atoms with van der Waals surface area (Å²) in [6.07, 6.45) is 3.64. The van der Waals surface area contributed by atoms with Crippen LogP contribution in [0.2, 0.25) is 0 Å². The van der Waals surface area contributed by atoms with Gasteiger partial charge < -0.3 is 25.2 Å². The minimum absolute atomic E-state index is 0.276. The van der Waals surface area contributed by atoms with Crippen LogP contribution in [0, 0.1) is 11.3 Å². The minimum atomic E-state index is -1.37. The van der Waals surface area contributed by atoms with Gasteiger partial charge in [-0.3, -0.25) is 4.32 Å². The summed E-state index contributed by atoms with van der Waals surface area (Å²) in [4.78, 5) is 1.49. The zero-order chi connectivity index (χ0) is 19.4. The molecule has 0 aliphatic carbocycles. The van der Waals surface area contributed by atoms with Crippen molar-refractivity contribution in [1.82, 2.24) is 5.23 Å². The third-order valence-corrected chi connectivity index (χ3v) is 4.18. The van der Waals surface area contributed by atoms with Crippen LogP contribution in [-0.2, 0) is 0 Å². The predicted molar refractivity (Wildman–Crippen MR) is 105 cm³/mol. The Bertz CT molecular complexity index is 955. The number of allylic oxidation sites excluding steroid dienone is 2. The molecule has 2 heterocycles. The number of nitrogens with one attached hydrogen (secondary N) is 1. The van der Waals surface area contributed by atoms with Gasteiger partial charge in [-0.1, -0.05) is 24.3 Å². The van der Waals surface area contributed by atoms with Gasteiger partial charge in [0.05, 0.1) is 25.6 Å². The number of hydrogen-bond acceptors (Lipinski definition) is 6. The van der Waals surface area contributed by atoms with Crippen LogP contribution in [0.1, 0.15) is 5.56 Å². The molecule has 0 atom stereocenters. The molecule has 0 spiro atoms. The van der Waals surface area contributed by atoms with Crippen LogP contribution in [-0.4, -0.2) is 21.5 Å². The molecule has 0 amide bonds. The van der Waals surface area contributed by atoms with Gasteiger partial charge in [-0.2, -0.15) is 5.26 Å². The Kier molecular flexibility index (Phi) is 5.22. The van der Waals surface area contributed by atoms with Crippen molar-refractivity contribution in [3.63, 3.8) is 0 Å². The highest BCUT2D eigenvalue weighted by molar-refractivity contribution is 6.57. The lowest BCUT2D eigenvalue weighted by atomic mass is 9.97. The molecule has 0 unspecified atom stereocenters. The number of nitriles is 1. The molecule has 6 nitrogen and oxygen atoms in total. The molecule has 2 aromatic rings. The zero-order valence-corrected chi connectivity index (χ0v) is 14.9. The number of methoxy groups -OCH3 is 2. The van der Waals surface area contributed by atoms with Crippen molar-refractivity contribution < 1.29 is 13.8 Å². The molecule has 0 aromatic heterocycles. The molecule has 4 rings (SSSR count). The predicted octanol–water partition coefficient (Wildman–Crippen LogP) is 3.10. The van der Waals surface area contributed by atoms with E-state index >= 15 is 0 Å². The van der Waals surface area contributed by atoms with Crippen molar-refractivity contribution >= 4 is 24.7 Å². The Hall–Kier alpha value is -3.60. The lowest BCUT2D eigenvalue weighted by Gasteiger charge is -2.25. The van der Waals surface area contributed by atoms with Gasteiger partial charge in [0.25, 0.3) is 0 Å². The summed E-state index contributed by atoms with van der Waals surface area (Å²) in [5.74, 6) is 1.39. The molecule has 2 aliphatic rings. The highest BCUT2D eigenvalue weighted by Crippen LogP contribution is 2.35. The molecule has 27 heavy (non-hydrogen) atoms. The topological polar surface area (TPSA) is 83.5 Å². The van der Waals surface area contributed by atoms with Gasteiger partial charge >= 0.3 is 7.26 Å². The monoisotopic (exact) mass is 364 g/mol. The quantitative estimate of drug-likeness (QED) is 0.629. The number of benzene rings is 2. The number of para-hydroxylation sites is 1. The molecular formula is C19H18BFN4O2. The van der Waals surface area contributed by atoms with Crippen molar-refractivity contribution in [3.8, 4) is 17.6 Å². The first kappa shape index (κ1) is 18.2.